The van der Waals surface area contributed by atoms with Crippen molar-refractivity contribution in [3.05, 3.63) is 0 Å². The van der Waals surface area contributed by atoms with Crippen LogP contribution in [0.3, 0.4) is 0 Å². The average Bonchev–Trinajstić information content (AvgIpc) is 2.19. The topological polar surface area (TPSA) is 58.6 Å². The summed E-state index contributed by atoms with van der Waals surface area (Å²) in [7, 11) is -3.06. The van der Waals surface area contributed by atoms with Crippen LogP contribution in [0.2, 0.25) is 0 Å². The molecule has 6 heteroatoms. The molecule has 1 rings (SSSR count). The minimum atomic E-state index is -3.06. The van der Waals surface area contributed by atoms with Crippen LogP contribution in [0.4, 0.5) is 0 Å². The first-order valence-corrected chi connectivity index (χ1v) is 6.54. The third-order valence-electron chi connectivity index (χ3n) is 2.15. The normalized spacial score (nSPS) is 19.8. The maximum absolute atomic E-state index is 11.7. The number of hydrogen-bond acceptors (Lipinski definition) is 4. The van der Waals surface area contributed by atoms with Crippen molar-refractivity contribution in [2.75, 3.05) is 45.1 Å². The fraction of sp³-hybridized carbons (Fsp3) is 1.00. The predicted octanol–water partition coefficient (Wildman–Crippen LogP) is -0.742. The number of nitrogens with one attached hydrogen (secondary N) is 1. The molecule has 0 saturated carbocycles. The van der Waals surface area contributed by atoms with E-state index >= 15 is 0 Å². The molecule has 1 aliphatic heterocycles. The predicted molar refractivity (Wildman–Crippen MR) is 54.7 cm³/mol. The van der Waals surface area contributed by atoms with E-state index in [4.69, 9.17) is 4.74 Å². The number of ether oxygens (including phenoxy) is 1. The van der Waals surface area contributed by atoms with E-state index in [0.29, 0.717) is 32.8 Å². The summed E-state index contributed by atoms with van der Waals surface area (Å²) < 4.78 is 30.0. The standard InChI is InChI=1S/C8H18N2O3S/c1-2-9-3-8-14(11,12)10-4-6-13-7-5-10/h9H,2-8H2,1H3. The Balaban J connectivity index is 2.38. The molecule has 0 atom stereocenters. The largest absolute Gasteiger partial charge is 0.379 e. The summed E-state index contributed by atoms with van der Waals surface area (Å²) in [5.74, 6) is 0.181. The van der Waals surface area contributed by atoms with Gasteiger partial charge in [-0.3, -0.25) is 0 Å². The molecule has 5 nitrogen and oxygen atoms in total. The van der Waals surface area contributed by atoms with E-state index < -0.39 is 10.0 Å². The molecular weight excluding hydrogens is 204 g/mol. The Hall–Kier alpha value is -0.170. The van der Waals surface area contributed by atoms with Gasteiger partial charge in [-0.15, -0.1) is 0 Å². The van der Waals surface area contributed by atoms with Crippen molar-refractivity contribution in [2.24, 2.45) is 0 Å². The molecule has 0 aromatic rings. The first-order chi connectivity index (χ1) is 6.67. The minimum absolute atomic E-state index is 0.181. The lowest BCUT2D eigenvalue weighted by molar-refractivity contribution is 0.0730. The van der Waals surface area contributed by atoms with Crippen molar-refractivity contribution in [1.82, 2.24) is 9.62 Å². The van der Waals surface area contributed by atoms with Gasteiger partial charge >= 0.3 is 0 Å². The molecule has 84 valence electrons. The van der Waals surface area contributed by atoms with Crippen molar-refractivity contribution < 1.29 is 13.2 Å². The van der Waals surface area contributed by atoms with Gasteiger partial charge < -0.3 is 10.1 Å². The number of morpholine rings is 1. The summed E-state index contributed by atoms with van der Waals surface area (Å²) in [5, 5.41) is 3.01. The van der Waals surface area contributed by atoms with Gasteiger partial charge in [-0.2, -0.15) is 4.31 Å². The van der Waals surface area contributed by atoms with E-state index in [1.807, 2.05) is 6.92 Å². The van der Waals surface area contributed by atoms with Crippen molar-refractivity contribution in [3.8, 4) is 0 Å². The molecular formula is C8H18N2O3S. The number of rotatable bonds is 5. The quantitative estimate of drug-likeness (QED) is 0.622. The van der Waals surface area contributed by atoms with Gasteiger partial charge in [0.05, 0.1) is 19.0 Å². The van der Waals surface area contributed by atoms with Gasteiger partial charge in [0, 0.05) is 19.6 Å². The molecule has 0 aromatic heterocycles. The van der Waals surface area contributed by atoms with Gasteiger partial charge in [0.2, 0.25) is 10.0 Å². The highest BCUT2D eigenvalue weighted by molar-refractivity contribution is 7.89. The SMILES string of the molecule is CCNCCS(=O)(=O)N1CCOCC1. The third kappa shape index (κ3) is 3.53. The Bertz CT molecular complexity index is 247. The van der Waals surface area contributed by atoms with Crippen molar-refractivity contribution in [1.29, 1.82) is 0 Å². The number of nitrogens with zero attached hydrogens (tertiary/aromatic N) is 1. The second kappa shape index (κ2) is 5.65. The lowest BCUT2D eigenvalue weighted by Gasteiger charge is -2.25. The smallest absolute Gasteiger partial charge is 0.215 e. The van der Waals surface area contributed by atoms with Crippen LogP contribution in [-0.4, -0.2) is 57.9 Å². The Morgan fingerprint density at radius 2 is 2.00 bits per heavy atom. The Kier molecular flexibility index (Phi) is 4.80. The summed E-state index contributed by atoms with van der Waals surface area (Å²) in [5.41, 5.74) is 0. The lowest BCUT2D eigenvalue weighted by atomic mass is 10.5. The van der Waals surface area contributed by atoms with Gasteiger partial charge in [-0.25, -0.2) is 8.42 Å². The second-order valence-corrected chi connectivity index (χ2v) is 5.27. The Morgan fingerprint density at radius 1 is 1.36 bits per heavy atom. The zero-order chi connectivity index (χ0) is 10.4. The molecule has 0 spiro atoms. The van der Waals surface area contributed by atoms with Crippen LogP contribution in [0.5, 0.6) is 0 Å². The van der Waals surface area contributed by atoms with Gasteiger partial charge in [0.25, 0.3) is 0 Å². The summed E-state index contributed by atoms with van der Waals surface area (Å²) in [4.78, 5) is 0. The van der Waals surface area contributed by atoms with Gasteiger partial charge in [0.1, 0.15) is 0 Å². The molecule has 1 heterocycles. The fourth-order valence-corrected chi connectivity index (χ4v) is 2.70. The van der Waals surface area contributed by atoms with Crippen LogP contribution in [0, 0.1) is 0 Å². The van der Waals surface area contributed by atoms with E-state index in [2.05, 4.69) is 5.32 Å². The number of sulfonamides is 1. The van der Waals surface area contributed by atoms with E-state index in [1.165, 1.54) is 4.31 Å². The highest BCUT2D eigenvalue weighted by Gasteiger charge is 2.23. The molecule has 0 unspecified atom stereocenters. The maximum Gasteiger partial charge on any atom is 0.215 e. The lowest BCUT2D eigenvalue weighted by Crippen LogP contribution is -2.43. The Labute approximate surface area is 85.5 Å². The van der Waals surface area contributed by atoms with E-state index in [1.54, 1.807) is 0 Å². The van der Waals surface area contributed by atoms with Gasteiger partial charge in [0.15, 0.2) is 0 Å². The molecule has 0 amide bonds. The van der Waals surface area contributed by atoms with E-state index in [9.17, 15) is 8.42 Å². The van der Waals surface area contributed by atoms with Crippen LogP contribution in [0.25, 0.3) is 0 Å². The maximum atomic E-state index is 11.7. The molecule has 14 heavy (non-hydrogen) atoms. The summed E-state index contributed by atoms with van der Waals surface area (Å²) in [6, 6.07) is 0. The van der Waals surface area contributed by atoms with E-state index in [-0.39, 0.29) is 5.75 Å². The van der Waals surface area contributed by atoms with Gasteiger partial charge in [-0.05, 0) is 6.54 Å². The molecule has 1 saturated heterocycles. The third-order valence-corrected chi connectivity index (χ3v) is 4.02. The summed E-state index contributed by atoms with van der Waals surface area (Å²) in [6.45, 7) is 5.31. The fourth-order valence-electron chi connectivity index (χ4n) is 1.33. The van der Waals surface area contributed by atoms with E-state index in [0.717, 1.165) is 6.54 Å². The zero-order valence-corrected chi connectivity index (χ0v) is 9.35. The zero-order valence-electron chi connectivity index (χ0n) is 8.53. The monoisotopic (exact) mass is 222 g/mol. The molecule has 1 aliphatic rings. The van der Waals surface area contributed by atoms with Crippen molar-refractivity contribution in [2.45, 2.75) is 6.92 Å². The molecule has 0 aromatic carbocycles. The minimum Gasteiger partial charge on any atom is -0.379 e. The molecule has 1 N–H and O–H groups in total. The molecule has 0 bridgehead atoms. The molecule has 0 radical (unpaired) electrons. The van der Waals surface area contributed by atoms with Crippen LogP contribution >= 0.6 is 0 Å². The second-order valence-electron chi connectivity index (χ2n) is 3.18. The highest BCUT2D eigenvalue weighted by Crippen LogP contribution is 2.04. The summed E-state index contributed by atoms with van der Waals surface area (Å²) in [6.07, 6.45) is 0. The van der Waals surface area contributed by atoms with Crippen LogP contribution < -0.4 is 5.32 Å². The Morgan fingerprint density at radius 3 is 2.57 bits per heavy atom. The highest BCUT2D eigenvalue weighted by atomic mass is 32.2. The molecule has 0 aliphatic carbocycles. The molecule has 1 fully saturated rings. The van der Waals surface area contributed by atoms with Crippen molar-refractivity contribution in [3.63, 3.8) is 0 Å². The number of hydrogen-bond donors (Lipinski definition) is 1. The van der Waals surface area contributed by atoms with Crippen LogP contribution in [-0.2, 0) is 14.8 Å². The summed E-state index contributed by atoms with van der Waals surface area (Å²) >= 11 is 0. The van der Waals surface area contributed by atoms with Crippen LogP contribution in [0.1, 0.15) is 6.92 Å². The van der Waals surface area contributed by atoms with Gasteiger partial charge in [-0.1, -0.05) is 6.92 Å². The first kappa shape index (κ1) is 11.9. The van der Waals surface area contributed by atoms with Crippen molar-refractivity contribution >= 4 is 10.0 Å². The average molecular weight is 222 g/mol. The van der Waals surface area contributed by atoms with Crippen LogP contribution in [0.15, 0.2) is 0 Å². The first-order valence-electron chi connectivity index (χ1n) is 4.93.